The molecule has 0 spiro atoms. The summed E-state index contributed by atoms with van der Waals surface area (Å²) in [6, 6.07) is 14.1. The van der Waals surface area contributed by atoms with Crippen LogP contribution in [0.4, 0.5) is 11.5 Å². The maximum atomic E-state index is 13.0. The van der Waals surface area contributed by atoms with E-state index in [1.54, 1.807) is 29.2 Å². The van der Waals surface area contributed by atoms with Crippen molar-refractivity contribution in [3.8, 4) is 5.75 Å². The SMILES string of the molecule is COc1cc(Cl)cc(C(=O)Nc2ccc(Cl)cn2)c1NCc1ccc(C(=N)N(C)C)cc1. The third kappa shape index (κ3) is 5.69. The van der Waals surface area contributed by atoms with Crippen LogP contribution in [0.2, 0.25) is 10.0 Å². The number of carbonyl (C=O) groups is 1. The van der Waals surface area contributed by atoms with Crippen molar-refractivity contribution in [2.75, 3.05) is 31.8 Å². The highest BCUT2D eigenvalue weighted by Crippen LogP contribution is 2.33. The first-order chi connectivity index (χ1) is 15.3. The molecular formula is C23H23Cl2N5O2. The van der Waals surface area contributed by atoms with Gasteiger partial charge in [0.1, 0.15) is 17.4 Å². The molecule has 7 nitrogen and oxygen atoms in total. The third-order valence-corrected chi connectivity index (χ3v) is 5.09. The predicted octanol–water partition coefficient (Wildman–Crippen LogP) is 5.15. The number of amides is 1. The van der Waals surface area contributed by atoms with E-state index in [0.717, 1.165) is 11.1 Å². The highest BCUT2D eigenvalue weighted by atomic mass is 35.5. The van der Waals surface area contributed by atoms with Crippen molar-refractivity contribution >= 4 is 46.4 Å². The molecule has 0 fully saturated rings. The van der Waals surface area contributed by atoms with Gasteiger partial charge in [-0.05, 0) is 23.8 Å². The fourth-order valence-electron chi connectivity index (χ4n) is 2.97. The first-order valence-corrected chi connectivity index (χ1v) is 10.4. The minimum Gasteiger partial charge on any atom is -0.495 e. The Bertz CT molecular complexity index is 1120. The van der Waals surface area contributed by atoms with Crippen molar-refractivity contribution in [3.05, 3.63) is 81.5 Å². The number of methoxy groups -OCH3 is 1. The van der Waals surface area contributed by atoms with Crippen molar-refractivity contribution in [1.82, 2.24) is 9.88 Å². The van der Waals surface area contributed by atoms with Crippen LogP contribution >= 0.6 is 23.2 Å². The van der Waals surface area contributed by atoms with Gasteiger partial charge in [-0.2, -0.15) is 0 Å². The molecular weight excluding hydrogens is 449 g/mol. The Morgan fingerprint density at radius 2 is 1.81 bits per heavy atom. The number of amidine groups is 1. The van der Waals surface area contributed by atoms with E-state index in [-0.39, 0.29) is 0 Å². The zero-order valence-corrected chi connectivity index (χ0v) is 19.4. The topological polar surface area (TPSA) is 90.3 Å². The van der Waals surface area contributed by atoms with E-state index in [1.807, 2.05) is 38.4 Å². The summed E-state index contributed by atoms with van der Waals surface area (Å²) in [6.07, 6.45) is 1.45. The molecule has 0 radical (unpaired) electrons. The molecule has 166 valence electrons. The number of pyridine rings is 1. The molecule has 3 aromatic rings. The fraction of sp³-hybridized carbons (Fsp3) is 0.174. The van der Waals surface area contributed by atoms with Crippen LogP contribution in [-0.2, 0) is 6.54 Å². The lowest BCUT2D eigenvalue weighted by Crippen LogP contribution is -2.21. The normalized spacial score (nSPS) is 10.4. The van der Waals surface area contributed by atoms with Crippen molar-refractivity contribution in [2.45, 2.75) is 6.54 Å². The standard InChI is InChI=1S/C23H23Cl2N5O2/c1-30(2)22(26)15-6-4-14(5-7-15)12-28-21-18(10-17(25)11-19(21)32-3)23(31)29-20-9-8-16(24)13-27-20/h4-11,13,26,28H,12H2,1-3H3,(H,27,29,31). The Hall–Kier alpha value is -3.29. The molecule has 0 saturated carbocycles. The van der Waals surface area contributed by atoms with Gasteiger partial charge in [0.05, 0.1) is 23.4 Å². The lowest BCUT2D eigenvalue weighted by molar-refractivity contribution is 0.102. The van der Waals surface area contributed by atoms with Crippen molar-refractivity contribution < 1.29 is 9.53 Å². The van der Waals surface area contributed by atoms with Crippen LogP contribution in [0.1, 0.15) is 21.5 Å². The number of benzene rings is 2. The van der Waals surface area contributed by atoms with E-state index in [0.29, 0.717) is 45.2 Å². The van der Waals surface area contributed by atoms with Gasteiger partial charge in [0.2, 0.25) is 0 Å². The van der Waals surface area contributed by atoms with Crippen LogP contribution in [0.25, 0.3) is 0 Å². The van der Waals surface area contributed by atoms with E-state index in [4.69, 9.17) is 33.3 Å². The molecule has 1 heterocycles. The molecule has 0 saturated heterocycles. The van der Waals surface area contributed by atoms with Crippen LogP contribution in [0, 0.1) is 5.41 Å². The van der Waals surface area contributed by atoms with E-state index in [9.17, 15) is 4.79 Å². The average molecular weight is 472 g/mol. The molecule has 0 aliphatic carbocycles. The first kappa shape index (κ1) is 23.4. The molecule has 0 aliphatic rings. The lowest BCUT2D eigenvalue weighted by atomic mass is 10.1. The zero-order valence-electron chi connectivity index (χ0n) is 17.9. The maximum absolute atomic E-state index is 13.0. The second kappa shape index (κ2) is 10.3. The number of hydrogen-bond donors (Lipinski definition) is 3. The third-order valence-electron chi connectivity index (χ3n) is 4.64. The first-order valence-electron chi connectivity index (χ1n) is 9.68. The Labute approximate surface area is 196 Å². The number of carbonyl (C=O) groups excluding carboxylic acids is 1. The van der Waals surface area contributed by atoms with Crippen LogP contribution in [0.3, 0.4) is 0 Å². The quantitative estimate of drug-likeness (QED) is 0.327. The minimum atomic E-state index is -0.391. The molecule has 0 unspecified atom stereocenters. The van der Waals surface area contributed by atoms with Crippen molar-refractivity contribution in [1.29, 1.82) is 5.41 Å². The van der Waals surface area contributed by atoms with Gasteiger partial charge >= 0.3 is 0 Å². The molecule has 9 heteroatoms. The number of halogens is 2. The van der Waals surface area contributed by atoms with E-state index >= 15 is 0 Å². The van der Waals surface area contributed by atoms with Gasteiger partial charge < -0.3 is 20.3 Å². The smallest absolute Gasteiger partial charge is 0.259 e. The second-order valence-electron chi connectivity index (χ2n) is 7.14. The molecule has 2 aromatic carbocycles. The van der Waals surface area contributed by atoms with Gasteiger partial charge in [0, 0.05) is 43.5 Å². The van der Waals surface area contributed by atoms with Gasteiger partial charge in [-0.3, -0.25) is 10.2 Å². The summed E-state index contributed by atoms with van der Waals surface area (Å²) < 4.78 is 5.45. The number of aromatic nitrogens is 1. The van der Waals surface area contributed by atoms with Gasteiger partial charge in [0.25, 0.3) is 5.91 Å². The summed E-state index contributed by atoms with van der Waals surface area (Å²) in [6.45, 7) is 0.438. The Balaban J connectivity index is 1.83. The summed E-state index contributed by atoms with van der Waals surface area (Å²) in [7, 11) is 5.18. The molecule has 1 aromatic heterocycles. The monoisotopic (exact) mass is 471 g/mol. The van der Waals surface area contributed by atoms with Gasteiger partial charge in [-0.25, -0.2) is 4.98 Å². The highest BCUT2D eigenvalue weighted by Gasteiger charge is 2.18. The number of hydrogen-bond acceptors (Lipinski definition) is 5. The van der Waals surface area contributed by atoms with Crippen LogP contribution < -0.4 is 15.4 Å². The Morgan fingerprint density at radius 1 is 1.09 bits per heavy atom. The number of nitrogens with one attached hydrogen (secondary N) is 3. The van der Waals surface area contributed by atoms with E-state index in [2.05, 4.69) is 15.6 Å². The number of ether oxygens (including phenoxy) is 1. The molecule has 0 atom stereocenters. The Kier molecular flexibility index (Phi) is 7.56. The molecule has 3 rings (SSSR count). The largest absolute Gasteiger partial charge is 0.495 e. The van der Waals surface area contributed by atoms with Crippen molar-refractivity contribution in [2.24, 2.45) is 0 Å². The summed E-state index contributed by atoms with van der Waals surface area (Å²) in [5.74, 6) is 0.845. The average Bonchev–Trinajstić information content (AvgIpc) is 2.78. The molecule has 32 heavy (non-hydrogen) atoms. The fourth-order valence-corrected chi connectivity index (χ4v) is 3.29. The summed E-state index contributed by atoms with van der Waals surface area (Å²) in [5, 5.41) is 14.9. The van der Waals surface area contributed by atoms with Crippen LogP contribution in [0.5, 0.6) is 5.75 Å². The maximum Gasteiger partial charge on any atom is 0.259 e. The number of nitrogens with zero attached hydrogens (tertiary/aromatic N) is 2. The summed E-state index contributed by atoms with van der Waals surface area (Å²) in [5.41, 5.74) is 2.62. The molecule has 0 aliphatic heterocycles. The zero-order chi connectivity index (χ0) is 23.3. The predicted molar refractivity (Wildman–Crippen MR) is 129 cm³/mol. The number of rotatable bonds is 7. The van der Waals surface area contributed by atoms with E-state index in [1.165, 1.54) is 13.3 Å². The number of anilines is 2. The molecule has 3 N–H and O–H groups in total. The van der Waals surface area contributed by atoms with Crippen molar-refractivity contribution in [3.63, 3.8) is 0 Å². The van der Waals surface area contributed by atoms with Crippen LogP contribution in [0.15, 0.2) is 54.7 Å². The summed E-state index contributed by atoms with van der Waals surface area (Å²) in [4.78, 5) is 18.8. The molecule has 1 amide bonds. The van der Waals surface area contributed by atoms with Crippen LogP contribution in [-0.4, -0.2) is 42.8 Å². The molecule has 0 bridgehead atoms. The summed E-state index contributed by atoms with van der Waals surface area (Å²) >= 11 is 12.1. The minimum absolute atomic E-state index is 0.317. The van der Waals surface area contributed by atoms with Gasteiger partial charge in [-0.15, -0.1) is 0 Å². The lowest BCUT2D eigenvalue weighted by Gasteiger charge is -2.17. The van der Waals surface area contributed by atoms with Gasteiger partial charge in [-0.1, -0.05) is 47.5 Å². The van der Waals surface area contributed by atoms with Gasteiger partial charge in [0.15, 0.2) is 0 Å². The second-order valence-corrected chi connectivity index (χ2v) is 8.01. The highest BCUT2D eigenvalue weighted by molar-refractivity contribution is 6.31. The Morgan fingerprint density at radius 3 is 2.41 bits per heavy atom. The van der Waals surface area contributed by atoms with E-state index < -0.39 is 5.91 Å².